The molecular weight excluding hydrogens is 496 g/mol. The Morgan fingerprint density at radius 3 is 1.92 bits per heavy atom. The van der Waals surface area contributed by atoms with Crippen LogP contribution in [-0.4, -0.2) is 64.8 Å². The van der Waals surface area contributed by atoms with Gasteiger partial charge < -0.3 is 24.1 Å². The van der Waals surface area contributed by atoms with Crippen molar-refractivity contribution in [2.75, 3.05) is 0 Å². The number of esters is 4. The van der Waals surface area contributed by atoms with E-state index in [1.807, 2.05) is 6.92 Å². The fourth-order valence-corrected chi connectivity index (χ4v) is 8.70. The van der Waals surface area contributed by atoms with Gasteiger partial charge >= 0.3 is 23.9 Å². The molecule has 210 valence electrons. The Hall–Kier alpha value is -2.75. The number of carbonyl (C=O) groups is 5. The third kappa shape index (κ3) is 3.73. The maximum Gasteiger partial charge on any atom is 0.303 e. The van der Waals surface area contributed by atoms with E-state index < -0.39 is 76.4 Å². The van der Waals surface area contributed by atoms with Crippen LogP contribution in [0.5, 0.6) is 0 Å². The minimum absolute atomic E-state index is 0.178. The number of carbonyl (C=O) groups excluding carboxylic acids is 5. The van der Waals surface area contributed by atoms with Crippen molar-refractivity contribution in [3.63, 3.8) is 0 Å². The van der Waals surface area contributed by atoms with Gasteiger partial charge in [0.1, 0.15) is 29.3 Å². The van der Waals surface area contributed by atoms with Crippen LogP contribution in [0.15, 0.2) is 12.2 Å². The third-order valence-electron chi connectivity index (χ3n) is 9.77. The maximum absolute atomic E-state index is 14.4. The number of Topliss-reactive ketones (excluding diaryl/α,β-unsaturated/α-hetero) is 1. The number of hydrogen-bond donors (Lipinski definition) is 1. The highest BCUT2D eigenvalue weighted by Crippen LogP contribution is 2.73. The van der Waals surface area contributed by atoms with Gasteiger partial charge in [0.2, 0.25) is 0 Å². The quantitative estimate of drug-likeness (QED) is 0.325. The average Bonchev–Trinajstić information content (AvgIpc) is 2.85. The Kier molecular flexibility index (Phi) is 6.61. The van der Waals surface area contributed by atoms with Gasteiger partial charge in [-0.3, -0.25) is 24.0 Å². The predicted octanol–water partition coefficient (Wildman–Crippen LogP) is 2.44. The molecule has 4 aliphatic carbocycles. The van der Waals surface area contributed by atoms with Crippen LogP contribution < -0.4 is 0 Å². The average molecular weight is 535 g/mol. The number of aliphatic hydroxyl groups is 1. The fourth-order valence-electron chi connectivity index (χ4n) is 8.70. The molecular formula is C28H38O10. The molecule has 0 aromatic rings. The van der Waals surface area contributed by atoms with Gasteiger partial charge in [0.25, 0.3) is 0 Å². The Labute approximate surface area is 222 Å². The Morgan fingerprint density at radius 2 is 1.39 bits per heavy atom. The number of hydrogen-bond acceptors (Lipinski definition) is 10. The molecule has 4 saturated carbocycles. The second kappa shape index (κ2) is 8.89. The summed E-state index contributed by atoms with van der Waals surface area (Å²) in [4.78, 5) is 63.9. The van der Waals surface area contributed by atoms with Crippen LogP contribution in [0, 0.1) is 28.1 Å². The van der Waals surface area contributed by atoms with Crippen LogP contribution in [0.4, 0.5) is 0 Å². The van der Waals surface area contributed by atoms with Gasteiger partial charge in [0.05, 0.1) is 0 Å². The standard InChI is InChI=1S/C28H38O10/c1-13-23(33)28-21(37-16(4)31)11-19-25(6,7)10-9-20(36-15(3)30)26(19,8)22(28)18(35-14(2)29)12-27(13,34)24(28)38-17(5)32/h18-22,24,34H,1,9-12H2,2-8H3/t18-,19+,20+,21+,22-,24-,26-,27+,28-/m0/s1. The van der Waals surface area contributed by atoms with Gasteiger partial charge in [-0.15, -0.1) is 0 Å². The first-order valence-corrected chi connectivity index (χ1v) is 13.1. The highest BCUT2D eigenvalue weighted by atomic mass is 16.6. The van der Waals surface area contributed by atoms with Crippen molar-refractivity contribution in [3.05, 3.63) is 12.2 Å². The summed E-state index contributed by atoms with van der Waals surface area (Å²) in [6.07, 6.45) is -3.22. The van der Waals surface area contributed by atoms with Crippen LogP contribution in [0.3, 0.4) is 0 Å². The van der Waals surface area contributed by atoms with E-state index in [0.29, 0.717) is 12.8 Å². The lowest BCUT2D eigenvalue weighted by molar-refractivity contribution is -0.298. The van der Waals surface area contributed by atoms with Crippen molar-refractivity contribution >= 4 is 29.7 Å². The molecule has 2 bridgehead atoms. The van der Waals surface area contributed by atoms with Crippen molar-refractivity contribution in [1.82, 2.24) is 0 Å². The molecule has 4 fully saturated rings. The SMILES string of the molecule is C=C1C(=O)[C@@]23[C@@H](OC(C)=O)[C@@]1(O)C[C@H](OC(C)=O)[C@H]2[C@@]1(C)[C@H](C[C@H]3OC(C)=O)C(C)(C)CC[C@H]1OC(C)=O. The lowest BCUT2D eigenvalue weighted by Gasteiger charge is -2.68. The molecule has 10 heteroatoms. The smallest absolute Gasteiger partial charge is 0.303 e. The molecule has 0 saturated heterocycles. The molecule has 0 heterocycles. The number of ketones is 1. The van der Waals surface area contributed by atoms with Crippen LogP contribution in [0.2, 0.25) is 0 Å². The van der Waals surface area contributed by atoms with Crippen molar-refractivity contribution in [3.8, 4) is 0 Å². The maximum atomic E-state index is 14.4. The number of fused-ring (bicyclic) bond motifs is 3. The minimum atomic E-state index is -2.05. The van der Waals surface area contributed by atoms with Gasteiger partial charge in [0, 0.05) is 51.0 Å². The van der Waals surface area contributed by atoms with E-state index in [0.717, 1.165) is 0 Å². The van der Waals surface area contributed by atoms with Gasteiger partial charge in [-0.25, -0.2) is 0 Å². The topological polar surface area (TPSA) is 143 Å². The van der Waals surface area contributed by atoms with E-state index in [-0.39, 0.29) is 29.7 Å². The minimum Gasteiger partial charge on any atom is -0.462 e. The molecule has 9 atom stereocenters. The molecule has 0 aromatic heterocycles. The first-order chi connectivity index (χ1) is 17.4. The molecule has 0 amide bonds. The lowest BCUT2D eigenvalue weighted by Crippen LogP contribution is -2.76. The molecule has 38 heavy (non-hydrogen) atoms. The number of rotatable bonds is 4. The van der Waals surface area contributed by atoms with Gasteiger partial charge in [0.15, 0.2) is 11.9 Å². The van der Waals surface area contributed by atoms with Crippen molar-refractivity contribution in [1.29, 1.82) is 0 Å². The Morgan fingerprint density at radius 1 is 0.868 bits per heavy atom. The summed E-state index contributed by atoms with van der Waals surface area (Å²) in [5.74, 6) is -4.34. The molecule has 4 aliphatic rings. The Bertz CT molecular complexity index is 1110. The van der Waals surface area contributed by atoms with Gasteiger partial charge in [-0.1, -0.05) is 27.4 Å². The zero-order chi connectivity index (χ0) is 28.6. The molecule has 0 radical (unpaired) electrons. The van der Waals surface area contributed by atoms with E-state index >= 15 is 0 Å². The largest absolute Gasteiger partial charge is 0.462 e. The molecule has 0 aliphatic heterocycles. The zero-order valence-electron chi connectivity index (χ0n) is 23.1. The highest BCUT2D eigenvalue weighted by Gasteiger charge is 2.84. The second-order valence-corrected chi connectivity index (χ2v) is 12.4. The first kappa shape index (κ1) is 28.3. The summed E-state index contributed by atoms with van der Waals surface area (Å²) in [5.41, 5.74) is -5.41. The third-order valence-corrected chi connectivity index (χ3v) is 9.77. The molecule has 0 aromatic carbocycles. The monoisotopic (exact) mass is 534 g/mol. The van der Waals surface area contributed by atoms with Crippen LogP contribution in [0.1, 0.15) is 74.1 Å². The second-order valence-electron chi connectivity index (χ2n) is 12.4. The summed E-state index contributed by atoms with van der Waals surface area (Å²) < 4.78 is 23.3. The summed E-state index contributed by atoms with van der Waals surface area (Å²) in [6.45, 7) is 14.9. The van der Waals surface area contributed by atoms with E-state index in [4.69, 9.17) is 18.9 Å². The van der Waals surface area contributed by atoms with Crippen molar-refractivity contribution < 1.29 is 48.0 Å². The van der Waals surface area contributed by atoms with Crippen LogP contribution >= 0.6 is 0 Å². The summed E-state index contributed by atoms with van der Waals surface area (Å²) in [6, 6.07) is 0. The van der Waals surface area contributed by atoms with E-state index in [1.54, 1.807) is 0 Å². The normalized spacial score (nSPS) is 42.8. The van der Waals surface area contributed by atoms with Crippen molar-refractivity contribution in [2.45, 2.75) is 104 Å². The van der Waals surface area contributed by atoms with Gasteiger partial charge in [-0.05, 0) is 30.6 Å². The molecule has 1 spiro atoms. The predicted molar refractivity (Wildman–Crippen MR) is 131 cm³/mol. The first-order valence-electron chi connectivity index (χ1n) is 13.1. The van der Waals surface area contributed by atoms with Crippen LogP contribution in [-0.2, 0) is 42.9 Å². The highest BCUT2D eigenvalue weighted by molar-refractivity contribution is 6.07. The molecule has 1 N–H and O–H groups in total. The summed E-state index contributed by atoms with van der Waals surface area (Å²) >= 11 is 0. The summed E-state index contributed by atoms with van der Waals surface area (Å²) in [7, 11) is 0. The lowest BCUT2D eigenvalue weighted by atomic mass is 9.38. The van der Waals surface area contributed by atoms with E-state index in [2.05, 4.69) is 20.4 Å². The molecule has 10 nitrogen and oxygen atoms in total. The van der Waals surface area contributed by atoms with Crippen LogP contribution in [0.25, 0.3) is 0 Å². The van der Waals surface area contributed by atoms with E-state index in [9.17, 15) is 29.1 Å². The molecule has 4 rings (SSSR count). The van der Waals surface area contributed by atoms with Gasteiger partial charge in [-0.2, -0.15) is 0 Å². The van der Waals surface area contributed by atoms with Crippen molar-refractivity contribution in [2.24, 2.45) is 28.1 Å². The number of ether oxygens (including phenoxy) is 4. The Balaban J connectivity index is 2.09. The molecule has 0 unspecified atom stereocenters. The van der Waals surface area contributed by atoms with E-state index in [1.165, 1.54) is 27.7 Å². The zero-order valence-corrected chi connectivity index (χ0v) is 23.1. The summed E-state index contributed by atoms with van der Waals surface area (Å²) in [5, 5.41) is 11.9. The fraction of sp³-hybridized carbons (Fsp3) is 0.750.